The van der Waals surface area contributed by atoms with E-state index in [0.29, 0.717) is 6.54 Å². The third-order valence-electron chi connectivity index (χ3n) is 3.50. The lowest BCUT2D eigenvalue weighted by Gasteiger charge is -2.10. The minimum absolute atomic E-state index is 0.00444. The highest BCUT2D eigenvalue weighted by Crippen LogP contribution is 2.17. The molecule has 1 amide bonds. The van der Waals surface area contributed by atoms with E-state index in [9.17, 15) is 4.79 Å². The second-order valence-corrected chi connectivity index (χ2v) is 4.73. The van der Waals surface area contributed by atoms with Crippen LogP contribution in [0.2, 0.25) is 0 Å². The topological polar surface area (TPSA) is 56.9 Å². The maximum absolute atomic E-state index is 11.9. The molecule has 0 bridgehead atoms. The Morgan fingerprint density at radius 3 is 3.11 bits per heavy atom. The summed E-state index contributed by atoms with van der Waals surface area (Å²) >= 11 is 0. The van der Waals surface area contributed by atoms with Gasteiger partial charge in [0.1, 0.15) is 0 Å². The third kappa shape index (κ3) is 2.11. The quantitative estimate of drug-likeness (QED) is 0.766. The highest BCUT2D eigenvalue weighted by molar-refractivity contribution is 5.85. The number of aromatic amines is 1. The van der Waals surface area contributed by atoms with Crippen LogP contribution in [0.4, 0.5) is 0 Å². The zero-order valence-electron chi connectivity index (χ0n) is 10.2. The first-order valence-corrected chi connectivity index (χ1v) is 6.41. The molecule has 1 saturated heterocycles. The Balaban J connectivity index is 1.67. The Bertz CT molecular complexity index is 555. The van der Waals surface area contributed by atoms with E-state index in [0.717, 1.165) is 30.5 Å². The molecule has 4 heteroatoms. The van der Waals surface area contributed by atoms with Crippen molar-refractivity contribution in [3.8, 4) is 0 Å². The van der Waals surface area contributed by atoms with Crippen LogP contribution >= 0.6 is 0 Å². The van der Waals surface area contributed by atoms with Gasteiger partial charge in [-0.1, -0.05) is 18.2 Å². The number of benzene rings is 1. The van der Waals surface area contributed by atoms with Crippen LogP contribution in [0, 0.1) is 0 Å². The van der Waals surface area contributed by atoms with E-state index in [2.05, 4.69) is 21.7 Å². The second-order valence-electron chi connectivity index (χ2n) is 4.73. The number of para-hydroxylation sites is 1. The first-order chi connectivity index (χ1) is 8.84. The molecule has 1 unspecified atom stereocenters. The van der Waals surface area contributed by atoms with E-state index >= 15 is 0 Å². The van der Waals surface area contributed by atoms with Gasteiger partial charge in [0.2, 0.25) is 5.91 Å². The van der Waals surface area contributed by atoms with Crippen LogP contribution in [0.25, 0.3) is 10.9 Å². The number of aromatic nitrogens is 1. The summed E-state index contributed by atoms with van der Waals surface area (Å²) in [5, 5.41) is 7.38. The van der Waals surface area contributed by atoms with Gasteiger partial charge in [0.05, 0.1) is 6.04 Å². The van der Waals surface area contributed by atoms with E-state index in [4.69, 9.17) is 0 Å². The van der Waals surface area contributed by atoms with Crippen LogP contribution in [0.1, 0.15) is 18.4 Å². The molecule has 3 rings (SSSR count). The number of hydrogen-bond acceptors (Lipinski definition) is 2. The molecule has 1 atom stereocenters. The van der Waals surface area contributed by atoms with E-state index in [1.807, 2.05) is 24.4 Å². The minimum Gasteiger partial charge on any atom is -0.361 e. The first-order valence-electron chi connectivity index (χ1n) is 6.41. The van der Waals surface area contributed by atoms with E-state index in [1.165, 1.54) is 5.39 Å². The Morgan fingerprint density at radius 1 is 1.39 bits per heavy atom. The lowest BCUT2D eigenvalue weighted by molar-refractivity contribution is -0.122. The van der Waals surface area contributed by atoms with E-state index in [1.54, 1.807) is 0 Å². The van der Waals surface area contributed by atoms with Crippen LogP contribution in [0.15, 0.2) is 30.5 Å². The van der Waals surface area contributed by atoms with Crippen molar-refractivity contribution in [2.45, 2.75) is 25.4 Å². The van der Waals surface area contributed by atoms with Crippen molar-refractivity contribution in [1.82, 2.24) is 15.6 Å². The van der Waals surface area contributed by atoms with Crippen molar-refractivity contribution < 1.29 is 4.79 Å². The van der Waals surface area contributed by atoms with Gasteiger partial charge in [-0.15, -0.1) is 0 Å². The summed E-state index contributed by atoms with van der Waals surface area (Å²) in [6.45, 7) is 1.53. The van der Waals surface area contributed by atoms with Crippen molar-refractivity contribution >= 4 is 16.8 Å². The number of H-pyrrole nitrogens is 1. The molecule has 1 aromatic carbocycles. The fraction of sp³-hybridized carbons (Fsp3) is 0.357. The van der Waals surface area contributed by atoms with Gasteiger partial charge >= 0.3 is 0 Å². The van der Waals surface area contributed by atoms with Crippen LogP contribution in [0.5, 0.6) is 0 Å². The van der Waals surface area contributed by atoms with E-state index in [-0.39, 0.29) is 11.9 Å². The Hall–Kier alpha value is -1.81. The van der Waals surface area contributed by atoms with Crippen molar-refractivity contribution in [2.24, 2.45) is 0 Å². The second kappa shape index (κ2) is 4.82. The van der Waals surface area contributed by atoms with Crippen molar-refractivity contribution in [2.75, 3.05) is 6.54 Å². The fourth-order valence-corrected chi connectivity index (χ4v) is 2.49. The average molecular weight is 243 g/mol. The summed E-state index contributed by atoms with van der Waals surface area (Å²) < 4.78 is 0. The number of amides is 1. The lowest BCUT2D eigenvalue weighted by atomic mass is 10.1. The predicted molar refractivity (Wildman–Crippen MR) is 71.2 cm³/mol. The van der Waals surface area contributed by atoms with Crippen LogP contribution in [0.3, 0.4) is 0 Å². The Morgan fingerprint density at radius 2 is 2.28 bits per heavy atom. The van der Waals surface area contributed by atoms with Gasteiger partial charge in [0.25, 0.3) is 0 Å². The zero-order chi connectivity index (χ0) is 12.4. The number of fused-ring (bicyclic) bond motifs is 1. The number of nitrogens with one attached hydrogen (secondary N) is 3. The van der Waals surface area contributed by atoms with Crippen LogP contribution < -0.4 is 10.6 Å². The molecular weight excluding hydrogens is 226 g/mol. The van der Waals surface area contributed by atoms with Gasteiger partial charge in [-0.3, -0.25) is 4.79 Å². The molecule has 1 aromatic heterocycles. The molecule has 18 heavy (non-hydrogen) atoms. The van der Waals surface area contributed by atoms with Crippen LogP contribution in [-0.2, 0) is 11.3 Å². The zero-order valence-corrected chi connectivity index (χ0v) is 10.2. The minimum atomic E-state index is -0.00444. The third-order valence-corrected chi connectivity index (χ3v) is 3.50. The highest BCUT2D eigenvalue weighted by atomic mass is 16.2. The summed E-state index contributed by atoms with van der Waals surface area (Å²) in [5.41, 5.74) is 2.25. The number of hydrogen-bond donors (Lipinski definition) is 3. The smallest absolute Gasteiger partial charge is 0.237 e. The molecule has 3 N–H and O–H groups in total. The largest absolute Gasteiger partial charge is 0.361 e. The molecule has 0 spiro atoms. The molecule has 1 fully saturated rings. The lowest BCUT2D eigenvalue weighted by Crippen LogP contribution is -2.39. The molecule has 4 nitrogen and oxygen atoms in total. The number of carbonyl (C=O) groups is 1. The average Bonchev–Trinajstić information content (AvgIpc) is 3.06. The number of carbonyl (C=O) groups excluding carboxylic acids is 1. The SMILES string of the molecule is O=C(NCc1c[nH]c2ccccc12)C1CCCN1. The van der Waals surface area contributed by atoms with Crippen LogP contribution in [-0.4, -0.2) is 23.5 Å². The van der Waals surface area contributed by atoms with Gasteiger partial charge in [-0.05, 0) is 31.0 Å². The summed E-state index contributed by atoms with van der Waals surface area (Å²) in [5.74, 6) is 0.109. The molecule has 0 saturated carbocycles. The maximum Gasteiger partial charge on any atom is 0.237 e. The number of rotatable bonds is 3. The highest BCUT2D eigenvalue weighted by Gasteiger charge is 2.21. The summed E-state index contributed by atoms with van der Waals surface area (Å²) in [4.78, 5) is 15.1. The predicted octanol–water partition coefficient (Wildman–Crippen LogP) is 1.54. The van der Waals surface area contributed by atoms with Gasteiger partial charge in [-0.2, -0.15) is 0 Å². The molecule has 1 aliphatic rings. The van der Waals surface area contributed by atoms with Crippen molar-refractivity contribution in [3.63, 3.8) is 0 Å². The summed E-state index contributed by atoms with van der Waals surface area (Å²) in [6, 6.07) is 8.12. The molecule has 94 valence electrons. The molecule has 2 aromatic rings. The molecule has 2 heterocycles. The van der Waals surface area contributed by atoms with E-state index < -0.39 is 0 Å². The van der Waals surface area contributed by atoms with Crippen molar-refractivity contribution in [1.29, 1.82) is 0 Å². The summed E-state index contributed by atoms with van der Waals surface area (Å²) in [7, 11) is 0. The van der Waals surface area contributed by atoms with Crippen molar-refractivity contribution in [3.05, 3.63) is 36.0 Å². The normalized spacial score (nSPS) is 19.2. The van der Waals surface area contributed by atoms with Gasteiger partial charge in [0.15, 0.2) is 0 Å². The first kappa shape index (κ1) is 11.3. The standard InChI is InChI=1S/C14H17N3O/c18-14(13-6-3-7-15-13)17-9-10-8-16-12-5-2-1-4-11(10)12/h1-2,4-5,8,13,15-16H,3,6-7,9H2,(H,17,18). The molecular formula is C14H17N3O. The molecule has 0 radical (unpaired) electrons. The van der Waals surface area contributed by atoms with Gasteiger partial charge in [-0.25, -0.2) is 0 Å². The monoisotopic (exact) mass is 243 g/mol. The molecule has 0 aliphatic carbocycles. The van der Waals surface area contributed by atoms with Gasteiger partial charge in [0, 0.05) is 23.6 Å². The molecule has 1 aliphatic heterocycles. The Kier molecular flexibility index (Phi) is 3.02. The summed E-state index contributed by atoms with van der Waals surface area (Å²) in [6.07, 6.45) is 4.00. The Labute approximate surface area is 106 Å². The maximum atomic E-state index is 11.9. The fourth-order valence-electron chi connectivity index (χ4n) is 2.49. The van der Waals surface area contributed by atoms with Gasteiger partial charge < -0.3 is 15.6 Å².